The van der Waals surface area contributed by atoms with E-state index in [0.29, 0.717) is 15.6 Å². The SMILES string of the molecule is Cl.Nc1nc2cc(Br)c(F)cc2o1. The molecule has 13 heavy (non-hydrogen) atoms. The average molecular weight is 267 g/mol. The second kappa shape index (κ2) is 3.51. The van der Waals surface area contributed by atoms with Crippen molar-refractivity contribution in [3.8, 4) is 0 Å². The van der Waals surface area contributed by atoms with Crippen molar-refractivity contribution in [1.29, 1.82) is 0 Å². The molecule has 0 aliphatic carbocycles. The molecule has 0 fully saturated rings. The van der Waals surface area contributed by atoms with E-state index in [1.807, 2.05) is 0 Å². The molecule has 0 amide bonds. The van der Waals surface area contributed by atoms with Gasteiger partial charge in [0.15, 0.2) is 5.58 Å². The molecule has 1 aromatic heterocycles. The zero-order chi connectivity index (χ0) is 8.72. The molecule has 0 atom stereocenters. The number of nitrogen functional groups attached to an aromatic ring is 1. The normalized spacial score (nSPS) is 10.0. The third-order valence-corrected chi connectivity index (χ3v) is 2.05. The first-order chi connectivity index (χ1) is 5.66. The van der Waals surface area contributed by atoms with Crippen LogP contribution in [0.1, 0.15) is 0 Å². The number of anilines is 1. The fourth-order valence-electron chi connectivity index (χ4n) is 0.941. The first-order valence-electron chi connectivity index (χ1n) is 3.18. The van der Waals surface area contributed by atoms with Gasteiger partial charge < -0.3 is 10.2 Å². The number of nitrogens with zero attached hydrogens (tertiary/aromatic N) is 1. The number of halogens is 3. The summed E-state index contributed by atoms with van der Waals surface area (Å²) in [5.41, 5.74) is 6.17. The molecule has 0 aliphatic heterocycles. The van der Waals surface area contributed by atoms with Crippen LogP contribution < -0.4 is 5.73 Å². The summed E-state index contributed by atoms with van der Waals surface area (Å²) in [6, 6.07) is 2.80. The molecule has 3 nitrogen and oxygen atoms in total. The first-order valence-corrected chi connectivity index (χ1v) is 3.97. The monoisotopic (exact) mass is 266 g/mol. The van der Waals surface area contributed by atoms with Gasteiger partial charge in [0.2, 0.25) is 0 Å². The van der Waals surface area contributed by atoms with Crippen LogP contribution in [-0.2, 0) is 0 Å². The third-order valence-electron chi connectivity index (χ3n) is 1.45. The van der Waals surface area contributed by atoms with Crippen molar-refractivity contribution in [2.24, 2.45) is 0 Å². The van der Waals surface area contributed by atoms with E-state index in [-0.39, 0.29) is 18.4 Å². The maximum atomic E-state index is 12.9. The topological polar surface area (TPSA) is 52.0 Å². The number of aromatic nitrogens is 1. The number of nitrogens with two attached hydrogens (primary N) is 1. The number of fused-ring (bicyclic) bond motifs is 1. The van der Waals surface area contributed by atoms with Gasteiger partial charge in [-0.1, -0.05) is 0 Å². The summed E-state index contributed by atoms with van der Waals surface area (Å²) in [6.45, 7) is 0. The quantitative estimate of drug-likeness (QED) is 0.798. The van der Waals surface area contributed by atoms with E-state index in [0.717, 1.165) is 0 Å². The van der Waals surface area contributed by atoms with Crippen LogP contribution in [0.15, 0.2) is 21.0 Å². The van der Waals surface area contributed by atoms with Crippen LogP contribution in [0.4, 0.5) is 10.4 Å². The van der Waals surface area contributed by atoms with Gasteiger partial charge in [-0.3, -0.25) is 0 Å². The van der Waals surface area contributed by atoms with Crippen molar-refractivity contribution in [3.63, 3.8) is 0 Å². The molecule has 0 unspecified atom stereocenters. The molecule has 0 saturated carbocycles. The van der Waals surface area contributed by atoms with Crippen molar-refractivity contribution in [1.82, 2.24) is 4.98 Å². The number of oxazole rings is 1. The molecule has 0 spiro atoms. The average Bonchev–Trinajstić information content (AvgIpc) is 2.30. The summed E-state index contributed by atoms with van der Waals surface area (Å²) < 4.78 is 18.1. The number of hydrogen-bond acceptors (Lipinski definition) is 3. The van der Waals surface area contributed by atoms with E-state index in [1.54, 1.807) is 0 Å². The van der Waals surface area contributed by atoms with E-state index in [1.165, 1.54) is 12.1 Å². The molecule has 1 heterocycles. The Morgan fingerprint density at radius 3 is 2.85 bits per heavy atom. The van der Waals surface area contributed by atoms with E-state index >= 15 is 0 Å². The van der Waals surface area contributed by atoms with Gasteiger partial charge in [0.05, 0.1) is 4.47 Å². The number of rotatable bonds is 0. The minimum Gasteiger partial charge on any atom is -0.424 e. The highest BCUT2D eigenvalue weighted by Gasteiger charge is 2.06. The molecule has 2 N–H and O–H groups in total. The molecule has 0 saturated heterocycles. The molecule has 0 aliphatic rings. The van der Waals surface area contributed by atoms with Gasteiger partial charge in [0.25, 0.3) is 6.01 Å². The van der Waals surface area contributed by atoms with Gasteiger partial charge in [0, 0.05) is 6.07 Å². The fraction of sp³-hybridized carbons (Fsp3) is 0. The molecule has 2 aromatic rings. The number of benzene rings is 1. The molecule has 0 radical (unpaired) electrons. The lowest BCUT2D eigenvalue weighted by Crippen LogP contribution is -1.80. The lowest BCUT2D eigenvalue weighted by atomic mass is 10.3. The van der Waals surface area contributed by atoms with Gasteiger partial charge in [-0.15, -0.1) is 12.4 Å². The largest absolute Gasteiger partial charge is 0.424 e. The molecular weight excluding hydrogens is 262 g/mol. The van der Waals surface area contributed by atoms with E-state index in [4.69, 9.17) is 10.2 Å². The molecule has 2 rings (SSSR count). The summed E-state index contributed by atoms with van der Waals surface area (Å²) in [7, 11) is 0. The predicted molar refractivity (Wildman–Crippen MR) is 53.3 cm³/mol. The second-order valence-corrected chi connectivity index (χ2v) is 3.14. The Labute approximate surface area is 87.7 Å². The zero-order valence-electron chi connectivity index (χ0n) is 6.25. The van der Waals surface area contributed by atoms with Crippen LogP contribution >= 0.6 is 28.3 Å². The molecular formula is C7H5BrClFN2O. The molecule has 6 heteroatoms. The second-order valence-electron chi connectivity index (χ2n) is 2.29. The highest BCUT2D eigenvalue weighted by Crippen LogP contribution is 2.24. The Morgan fingerprint density at radius 1 is 1.46 bits per heavy atom. The summed E-state index contributed by atoms with van der Waals surface area (Å²) >= 11 is 3.03. The van der Waals surface area contributed by atoms with Crippen LogP contribution in [0.5, 0.6) is 0 Å². The Balaban J connectivity index is 0.000000845. The fourth-order valence-corrected chi connectivity index (χ4v) is 1.27. The minimum atomic E-state index is -0.390. The first kappa shape index (κ1) is 10.3. The highest BCUT2D eigenvalue weighted by atomic mass is 79.9. The van der Waals surface area contributed by atoms with Crippen LogP contribution in [0.25, 0.3) is 11.1 Å². The maximum Gasteiger partial charge on any atom is 0.292 e. The van der Waals surface area contributed by atoms with E-state index in [9.17, 15) is 4.39 Å². The van der Waals surface area contributed by atoms with E-state index in [2.05, 4.69) is 20.9 Å². The van der Waals surface area contributed by atoms with Gasteiger partial charge in [-0.25, -0.2) is 4.39 Å². The Hall–Kier alpha value is -0.810. The summed E-state index contributed by atoms with van der Waals surface area (Å²) in [5.74, 6) is -0.390. The van der Waals surface area contributed by atoms with Gasteiger partial charge in [-0.2, -0.15) is 4.98 Å². The van der Waals surface area contributed by atoms with E-state index < -0.39 is 5.82 Å². The van der Waals surface area contributed by atoms with Crippen molar-refractivity contribution < 1.29 is 8.81 Å². The lowest BCUT2D eigenvalue weighted by Gasteiger charge is -1.90. The summed E-state index contributed by atoms with van der Waals surface area (Å²) in [6.07, 6.45) is 0. The molecule has 70 valence electrons. The maximum absolute atomic E-state index is 12.9. The van der Waals surface area contributed by atoms with Crippen LogP contribution in [0.3, 0.4) is 0 Å². The van der Waals surface area contributed by atoms with Gasteiger partial charge in [0.1, 0.15) is 11.3 Å². The van der Waals surface area contributed by atoms with Gasteiger partial charge in [-0.05, 0) is 22.0 Å². The van der Waals surface area contributed by atoms with Crippen LogP contribution in [-0.4, -0.2) is 4.98 Å². The lowest BCUT2D eigenvalue weighted by molar-refractivity contribution is 0.602. The highest BCUT2D eigenvalue weighted by molar-refractivity contribution is 9.10. The summed E-state index contributed by atoms with van der Waals surface area (Å²) in [5, 5.41) is 0. The van der Waals surface area contributed by atoms with Crippen molar-refractivity contribution in [2.75, 3.05) is 5.73 Å². The van der Waals surface area contributed by atoms with Crippen LogP contribution in [0, 0.1) is 5.82 Å². The minimum absolute atomic E-state index is 0. The molecule has 1 aromatic carbocycles. The van der Waals surface area contributed by atoms with Gasteiger partial charge >= 0.3 is 0 Å². The van der Waals surface area contributed by atoms with Crippen molar-refractivity contribution in [3.05, 3.63) is 22.4 Å². The smallest absolute Gasteiger partial charge is 0.292 e. The van der Waals surface area contributed by atoms with Crippen molar-refractivity contribution >= 4 is 45.5 Å². The predicted octanol–water partition coefficient (Wildman–Crippen LogP) is 2.73. The third kappa shape index (κ3) is 1.76. The zero-order valence-corrected chi connectivity index (χ0v) is 8.65. The Bertz CT molecular complexity index is 406. The van der Waals surface area contributed by atoms with Crippen LogP contribution in [0.2, 0.25) is 0 Å². The standard InChI is InChI=1S/C7H4BrFN2O.ClH/c8-3-1-5-6(2-4(3)9)12-7(10)11-5;/h1-2H,(H2,10,11);1H. The molecule has 0 bridgehead atoms. The van der Waals surface area contributed by atoms with Crippen molar-refractivity contribution in [2.45, 2.75) is 0 Å². The Morgan fingerprint density at radius 2 is 2.15 bits per heavy atom. The number of hydrogen-bond donors (Lipinski definition) is 1. The summed E-state index contributed by atoms with van der Waals surface area (Å²) in [4.78, 5) is 3.83. The Kier molecular flexibility index (Phi) is 2.77.